The number of hydrogen-bond donors (Lipinski definition) is 2. The number of amides is 1. The van der Waals surface area contributed by atoms with Crippen molar-refractivity contribution in [2.45, 2.75) is 32.7 Å². The molecule has 0 aromatic heterocycles. The summed E-state index contributed by atoms with van der Waals surface area (Å²) >= 11 is 0. The average Bonchev–Trinajstić information content (AvgIpc) is 3.20. The van der Waals surface area contributed by atoms with Crippen molar-refractivity contribution >= 4 is 11.9 Å². The summed E-state index contributed by atoms with van der Waals surface area (Å²) in [6, 6.07) is 5.41. The molecule has 108 valence electrons. The van der Waals surface area contributed by atoms with Gasteiger partial charge in [-0.3, -0.25) is 9.59 Å². The number of benzene rings is 1. The lowest BCUT2D eigenvalue weighted by atomic mass is 10.0. The Kier molecular flexibility index (Phi) is 3.70. The fourth-order valence-electron chi connectivity index (χ4n) is 2.27. The Morgan fingerprint density at radius 1 is 1.40 bits per heavy atom. The monoisotopic (exact) mass is 277 g/mol. The average molecular weight is 277 g/mol. The molecule has 2 N–H and O–H groups in total. The molecule has 5 heteroatoms. The van der Waals surface area contributed by atoms with E-state index in [2.05, 4.69) is 5.32 Å². The fraction of sp³-hybridized carbons (Fsp3) is 0.467. The molecule has 1 aromatic rings. The van der Waals surface area contributed by atoms with Crippen LogP contribution in [0.15, 0.2) is 18.2 Å². The van der Waals surface area contributed by atoms with Crippen molar-refractivity contribution in [2.75, 3.05) is 7.11 Å². The van der Waals surface area contributed by atoms with Crippen molar-refractivity contribution in [2.24, 2.45) is 5.41 Å². The van der Waals surface area contributed by atoms with E-state index >= 15 is 0 Å². The van der Waals surface area contributed by atoms with E-state index < -0.39 is 17.3 Å². The number of nitrogens with one attached hydrogen (secondary N) is 1. The molecule has 0 radical (unpaired) electrons. The minimum Gasteiger partial charge on any atom is -0.496 e. The van der Waals surface area contributed by atoms with Crippen molar-refractivity contribution in [3.8, 4) is 5.75 Å². The summed E-state index contributed by atoms with van der Waals surface area (Å²) < 4.78 is 5.28. The van der Waals surface area contributed by atoms with Gasteiger partial charge in [0.2, 0.25) is 5.91 Å². The third-order valence-corrected chi connectivity index (χ3v) is 3.79. The van der Waals surface area contributed by atoms with Gasteiger partial charge >= 0.3 is 5.97 Å². The quantitative estimate of drug-likeness (QED) is 0.808. The minimum absolute atomic E-state index is 0.297. The molecule has 0 heterocycles. The van der Waals surface area contributed by atoms with Crippen LogP contribution in [0.2, 0.25) is 0 Å². The predicted octanol–water partition coefficient (Wildman–Crippen LogP) is 2.05. The summed E-state index contributed by atoms with van der Waals surface area (Å²) in [4.78, 5) is 23.2. The van der Waals surface area contributed by atoms with Crippen molar-refractivity contribution in [3.63, 3.8) is 0 Å². The molecule has 1 unspecified atom stereocenters. The van der Waals surface area contributed by atoms with Crippen molar-refractivity contribution in [1.82, 2.24) is 5.32 Å². The largest absolute Gasteiger partial charge is 0.496 e. The van der Waals surface area contributed by atoms with Gasteiger partial charge in [-0.15, -0.1) is 0 Å². The van der Waals surface area contributed by atoms with Gasteiger partial charge in [-0.1, -0.05) is 17.7 Å². The molecule has 5 nitrogen and oxygen atoms in total. The van der Waals surface area contributed by atoms with E-state index in [1.165, 1.54) is 0 Å². The van der Waals surface area contributed by atoms with Crippen molar-refractivity contribution in [1.29, 1.82) is 0 Å². The van der Waals surface area contributed by atoms with Gasteiger partial charge in [0.1, 0.15) is 11.2 Å². The van der Waals surface area contributed by atoms with Gasteiger partial charge in [0, 0.05) is 5.56 Å². The van der Waals surface area contributed by atoms with E-state index in [4.69, 9.17) is 9.84 Å². The number of hydrogen-bond acceptors (Lipinski definition) is 3. The maximum Gasteiger partial charge on any atom is 0.319 e. The SMILES string of the molecule is COc1ccc(C)cc1C(C)NC(=O)C1(C(=O)O)CC1. The number of aliphatic carboxylic acids is 1. The van der Waals surface area contributed by atoms with E-state index in [1.54, 1.807) is 7.11 Å². The highest BCUT2D eigenvalue weighted by Gasteiger charge is 2.57. The first-order chi connectivity index (χ1) is 9.40. The lowest BCUT2D eigenvalue weighted by Crippen LogP contribution is -2.38. The third kappa shape index (κ3) is 2.48. The maximum absolute atomic E-state index is 12.1. The van der Waals surface area contributed by atoms with Gasteiger partial charge in [0.05, 0.1) is 13.2 Å². The highest BCUT2D eigenvalue weighted by atomic mass is 16.5. The number of carbonyl (C=O) groups excluding carboxylic acids is 1. The molecule has 2 rings (SSSR count). The molecular formula is C15H19NO4. The first kappa shape index (κ1) is 14.4. The van der Waals surface area contributed by atoms with Crippen LogP contribution < -0.4 is 10.1 Å². The molecule has 1 aromatic carbocycles. The molecule has 1 aliphatic carbocycles. The molecule has 1 saturated carbocycles. The Morgan fingerprint density at radius 3 is 2.55 bits per heavy atom. The molecule has 0 spiro atoms. The van der Waals surface area contributed by atoms with E-state index in [1.807, 2.05) is 32.0 Å². The molecule has 1 aliphatic rings. The summed E-state index contributed by atoms with van der Waals surface area (Å²) in [5.74, 6) is -0.775. The van der Waals surface area contributed by atoms with E-state index in [0.29, 0.717) is 18.6 Å². The number of carboxylic acid groups (broad SMARTS) is 1. The lowest BCUT2D eigenvalue weighted by molar-refractivity contribution is -0.149. The van der Waals surface area contributed by atoms with Crippen molar-refractivity contribution in [3.05, 3.63) is 29.3 Å². The number of carboxylic acids is 1. The summed E-state index contributed by atoms with van der Waals surface area (Å²) in [5, 5.41) is 11.9. The summed E-state index contributed by atoms with van der Waals surface area (Å²) in [6.45, 7) is 3.78. The fourth-order valence-corrected chi connectivity index (χ4v) is 2.27. The van der Waals surface area contributed by atoms with Crippen LogP contribution in [0.25, 0.3) is 0 Å². The van der Waals surface area contributed by atoms with Crippen LogP contribution >= 0.6 is 0 Å². The van der Waals surface area contributed by atoms with Crippen LogP contribution in [-0.2, 0) is 9.59 Å². The molecule has 0 saturated heterocycles. The Bertz CT molecular complexity index is 549. The second-order valence-corrected chi connectivity index (χ2v) is 5.33. The first-order valence-corrected chi connectivity index (χ1v) is 6.59. The number of ether oxygens (including phenoxy) is 1. The van der Waals surface area contributed by atoms with Crippen LogP contribution in [0.4, 0.5) is 0 Å². The Labute approximate surface area is 117 Å². The number of methoxy groups -OCH3 is 1. The van der Waals surface area contributed by atoms with Gasteiger partial charge in [-0.2, -0.15) is 0 Å². The van der Waals surface area contributed by atoms with Crippen LogP contribution in [0.1, 0.15) is 36.9 Å². The number of carbonyl (C=O) groups is 2. The molecule has 1 fully saturated rings. The second-order valence-electron chi connectivity index (χ2n) is 5.33. The van der Waals surface area contributed by atoms with Crippen LogP contribution in [0.5, 0.6) is 5.75 Å². The number of rotatable bonds is 5. The third-order valence-electron chi connectivity index (χ3n) is 3.79. The zero-order chi connectivity index (χ0) is 14.9. The molecule has 20 heavy (non-hydrogen) atoms. The molecule has 1 amide bonds. The van der Waals surface area contributed by atoms with Gasteiger partial charge in [-0.05, 0) is 32.8 Å². The van der Waals surface area contributed by atoms with E-state index in [-0.39, 0.29) is 6.04 Å². The Balaban J connectivity index is 2.16. The summed E-state index contributed by atoms with van der Waals surface area (Å²) in [7, 11) is 1.57. The van der Waals surface area contributed by atoms with Crippen LogP contribution in [0, 0.1) is 12.3 Å². The van der Waals surface area contributed by atoms with Crippen molar-refractivity contribution < 1.29 is 19.4 Å². The lowest BCUT2D eigenvalue weighted by Gasteiger charge is -2.20. The Morgan fingerprint density at radius 2 is 2.05 bits per heavy atom. The maximum atomic E-state index is 12.1. The second kappa shape index (κ2) is 5.15. The molecule has 0 aliphatic heterocycles. The van der Waals surface area contributed by atoms with E-state index in [0.717, 1.165) is 11.1 Å². The van der Waals surface area contributed by atoms with E-state index in [9.17, 15) is 9.59 Å². The zero-order valence-corrected chi connectivity index (χ0v) is 11.9. The molecule has 0 bridgehead atoms. The molecule has 1 atom stereocenters. The van der Waals surface area contributed by atoms with Gasteiger partial charge in [-0.25, -0.2) is 0 Å². The summed E-state index contributed by atoms with van der Waals surface area (Å²) in [6.07, 6.45) is 0.817. The number of aryl methyl sites for hydroxylation is 1. The Hall–Kier alpha value is -2.04. The normalized spacial score (nSPS) is 17.1. The van der Waals surface area contributed by atoms with Gasteiger partial charge in [0.25, 0.3) is 0 Å². The smallest absolute Gasteiger partial charge is 0.319 e. The topological polar surface area (TPSA) is 75.6 Å². The summed E-state index contributed by atoms with van der Waals surface area (Å²) in [5.41, 5.74) is 0.689. The van der Waals surface area contributed by atoms with Crippen LogP contribution in [-0.4, -0.2) is 24.1 Å². The van der Waals surface area contributed by atoms with Crippen LogP contribution in [0.3, 0.4) is 0 Å². The highest BCUT2D eigenvalue weighted by molar-refractivity contribution is 6.04. The van der Waals surface area contributed by atoms with Gasteiger partial charge in [0.15, 0.2) is 0 Å². The first-order valence-electron chi connectivity index (χ1n) is 6.59. The van der Waals surface area contributed by atoms with Gasteiger partial charge < -0.3 is 15.2 Å². The standard InChI is InChI=1S/C15H19NO4/c1-9-4-5-12(20-3)11(8-9)10(2)16-13(17)15(6-7-15)14(18)19/h4-5,8,10H,6-7H2,1-3H3,(H,16,17)(H,18,19). The molecular weight excluding hydrogens is 258 g/mol. The predicted molar refractivity (Wildman–Crippen MR) is 73.6 cm³/mol. The highest BCUT2D eigenvalue weighted by Crippen LogP contribution is 2.46. The minimum atomic E-state index is -1.22. The zero-order valence-electron chi connectivity index (χ0n) is 11.9.